The first-order valence-corrected chi connectivity index (χ1v) is 9.62. The highest BCUT2D eigenvalue weighted by atomic mass is 32.1. The average Bonchev–Trinajstić information content (AvgIpc) is 3.16. The van der Waals surface area contributed by atoms with Crippen molar-refractivity contribution in [3.63, 3.8) is 0 Å². The molecule has 0 aliphatic rings. The smallest absolute Gasteiger partial charge is 0.250 e. The largest absolute Gasteiger partial charge is 0.497 e. The van der Waals surface area contributed by atoms with Crippen LogP contribution >= 0.6 is 11.3 Å². The summed E-state index contributed by atoms with van der Waals surface area (Å²) in [6.07, 6.45) is 3.14. The predicted molar refractivity (Wildman–Crippen MR) is 114 cm³/mol. The molecule has 0 aliphatic heterocycles. The monoisotopic (exact) mass is 394 g/mol. The first-order valence-electron chi connectivity index (χ1n) is 8.74. The molecule has 0 radical (unpaired) electrons. The molecule has 0 spiro atoms. The number of carbonyl (C=O) groups is 1. The molecule has 0 saturated heterocycles. The number of thiazole rings is 1. The maximum absolute atomic E-state index is 12.3. The standard InChI is InChI=1S/C22H22N2O3S/c1-14-5-6-16(11-15(14)2)19-13-28-22(23-19)24-21(25)10-7-17-12-18(26-3)8-9-20(17)27-4/h5-13H,1-4H3,(H,23,24,25)/b10-7+. The average molecular weight is 394 g/mol. The summed E-state index contributed by atoms with van der Waals surface area (Å²) >= 11 is 1.40. The summed E-state index contributed by atoms with van der Waals surface area (Å²) in [5.74, 6) is 1.10. The maximum atomic E-state index is 12.3. The molecular weight excluding hydrogens is 372 g/mol. The van der Waals surface area contributed by atoms with Crippen molar-refractivity contribution in [3.05, 3.63) is 64.5 Å². The van der Waals surface area contributed by atoms with E-state index >= 15 is 0 Å². The fourth-order valence-corrected chi connectivity index (χ4v) is 3.37. The van der Waals surface area contributed by atoms with E-state index in [2.05, 4.69) is 36.3 Å². The Balaban J connectivity index is 1.71. The Morgan fingerprint density at radius 3 is 2.61 bits per heavy atom. The molecule has 0 saturated carbocycles. The molecular formula is C22H22N2O3S. The van der Waals surface area contributed by atoms with Crippen molar-refractivity contribution in [1.29, 1.82) is 0 Å². The summed E-state index contributed by atoms with van der Waals surface area (Å²) in [5, 5.41) is 5.30. The Kier molecular flexibility index (Phi) is 6.11. The van der Waals surface area contributed by atoms with Crippen molar-refractivity contribution in [2.24, 2.45) is 0 Å². The first-order chi connectivity index (χ1) is 13.5. The molecule has 0 atom stereocenters. The second kappa shape index (κ2) is 8.71. The Morgan fingerprint density at radius 1 is 1.07 bits per heavy atom. The van der Waals surface area contributed by atoms with Gasteiger partial charge in [0.15, 0.2) is 5.13 Å². The fourth-order valence-electron chi connectivity index (χ4n) is 2.65. The van der Waals surface area contributed by atoms with Gasteiger partial charge in [-0.25, -0.2) is 4.98 Å². The topological polar surface area (TPSA) is 60.5 Å². The van der Waals surface area contributed by atoms with Gasteiger partial charge in [0, 0.05) is 22.6 Å². The van der Waals surface area contributed by atoms with Crippen LogP contribution in [0.5, 0.6) is 11.5 Å². The van der Waals surface area contributed by atoms with Crippen LogP contribution < -0.4 is 14.8 Å². The number of aromatic nitrogens is 1. The Labute approximate surface area is 168 Å². The van der Waals surface area contributed by atoms with Crippen molar-refractivity contribution in [2.45, 2.75) is 13.8 Å². The Morgan fingerprint density at radius 2 is 1.89 bits per heavy atom. The molecule has 0 aliphatic carbocycles. The molecule has 1 N–H and O–H groups in total. The molecule has 5 nitrogen and oxygen atoms in total. The number of hydrogen-bond donors (Lipinski definition) is 1. The highest BCUT2D eigenvalue weighted by molar-refractivity contribution is 7.14. The second-order valence-electron chi connectivity index (χ2n) is 6.27. The number of aryl methyl sites for hydroxylation is 2. The normalized spacial score (nSPS) is 10.9. The zero-order chi connectivity index (χ0) is 20.1. The van der Waals surface area contributed by atoms with Crippen LogP contribution in [-0.4, -0.2) is 25.1 Å². The lowest BCUT2D eigenvalue weighted by molar-refractivity contribution is -0.111. The van der Waals surface area contributed by atoms with Crippen LogP contribution in [0, 0.1) is 13.8 Å². The van der Waals surface area contributed by atoms with Gasteiger partial charge in [-0.3, -0.25) is 10.1 Å². The molecule has 144 valence electrons. The molecule has 28 heavy (non-hydrogen) atoms. The van der Waals surface area contributed by atoms with Crippen molar-refractivity contribution in [3.8, 4) is 22.8 Å². The highest BCUT2D eigenvalue weighted by Crippen LogP contribution is 2.27. The van der Waals surface area contributed by atoms with E-state index in [0.29, 0.717) is 16.6 Å². The van der Waals surface area contributed by atoms with E-state index in [1.807, 2.05) is 17.5 Å². The Bertz CT molecular complexity index is 1020. The summed E-state index contributed by atoms with van der Waals surface area (Å²) in [7, 11) is 3.18. The lowest BCUT2D eigenvalue weighted by Crippen LogP contribution is -2.07. The van der Waals surface area contributed by atoms with Crippen LogP contribution in [-0.2, 0) is 4.79 Å². The molecule has 3 aromatic rings. The zero-order valence-corrected chi connectivity index (χ0v) is 17.1. The number of nitrogens with zero attached hydrogens (tertiary/aromatic N) is 1. The first kappa shape index (κ1) is 19.6. The lowest BCUT2D eigenvalue weighted by atomic mass is 10.1. The van der Waals surface area contributed by atoms with Crippen LogP contribution in [0.25, 0.3) is 17.3 Å². The predicted octanol–water partition coefficient (Wildman–Crippen LogP) is 5.10. The number of benzene rings is 2. The minimum Gasteiger partial charge on any atom is -0.497 e. The summed E-state index contributed by atoms with van der Waals surface area (Å²) in [6.45, 7) is 4.15. The minimum atomic E-state index is -0.258. The van der Waals surface area contributed by atoms with Gasteiger partial charge in [-0.2, -0.15) is 0 Å². The van der Waals surface area contributed by atoms with E-state index in [1.165, 1.54) is 28.5 Å². The number of nitrogens with one attached hydrogen (secondary N) is 1. The molecule has 1 aromatic heterocycles. The number of hydrogen-bond acceptors (Lipinski definition) is 5. The SMILES string of the molecule is COc1ccc(OC)c(/C=C/C(=O)Nc2nc(-c3ccc(C)c(C)c3)cs2)c1. The van der Waals surface area contributed by atoms with Crippen LogP contribution in [0.1, 0.15) is 16.7 Å². The van der Waals surface area contributed by atoms with Crippen molar-refractivity contribution in [1.82, 2.24) is 4.98 Å². The number of carbonyl (C=O) groups excluding carboxylic acids is 1. The van der Waals surface area contributed by atoms with Gasteiger partial charge in [0.05, 0.1) is 19.9 Å². The number of rotatable bonds is 6. The van der Waals surface area contributed by atoms with E-state index in [-0.39, 0.29) is 5.91 Å². The highest BCUT2D eigenvalue weighted by Gasteiger charge is 2.08. The summed E-state index contributed by atoms with van der Waals surface area (Å²) < 4.78 is 10.5. The van der Waals surface area contributed by atoms with E-state index in [0.717, 1.165) is 16.8 Å². The van der Waals surface area contributed by atoms with E-state index < -0.39 is 0 Å². The third kappa shape index (κ3) is 4.58. The molecule has 2 aromatic carbocycles. The van der Waals surface area contributed by atoms with Gasteiger partial charge >= 0.3 is 0 Å². The van der Waals surface area contributed by atoms with Crippen molar-refractivity contribution < 1.29 is 14.3 Å². The van der Waals surface area contributed by atoms with E-state index in [4.69, 9.17) is 9.47 Å². The zero-order valence-electron chi connectivity index (χ0n) is 16.3. The van der Waals surface area contributed by atoms with Crippen LogP contribution in [0.3, 0.4) is 0 Å². The van der Waals surface area contributed by atoms with E-state index in [1.54, 1.807) is 32.4 Å². The van der Waals surface area contributed by atoms with Gasteiger partial charge in [0.25, 0.3) is 0 Å². The summed E-state index contributed by atoms with van der Waals surface area (Å²) in [4.78, 5) is 16.8. The molecule has 1 heterocycles. The van der Waals surface area contributed by atoms with Crippen LogP contribution in [0.2, 0.25) is 0 Å². The quantitative estimate of drug-likeness (QED) is 0.591. The lowest BCUT2D eigenvalue weighted by Gasteiger charge is -2.07. The van der Waals surface area contributed by atoms with Crippen LogP contribution in [0.15, 0.2) is 47.9 Å². The molecule has 1 amide bonds. The van der Waals surface area contributed by atoms with Gasteiger partial charge in [0.2, 0.25) is 5.91 Å². The third-order valence-electron chi connectivity index (χ3n) is 4.39. The molecule has 6 heteroatoms. The number of ether oxygens (including phenoxy) is 2. The van der Waals surface area contributed by atoms with Gasteiger partial charge in [-0.15, -0.1) is 11.3 Å². The van der Waals surface area contributed by atoms with Crippen molar-refractivity contribution in [2.75, 3.05) is 19.5 Å². The summed E-state index contributed by atoms with van der Waals surface area (Å²) in [6, 6.07) is 11.6. The van der Waals surface area contributed by atoms with Crippen LogP contribution in [0.4, 0.5) is 5.13 Å². The van der Waals surface area contributed by atoms with Gasteiger partial charge in [-0.05, 0) is 55.3 Å². The molecule has 0 bridgehead atoms. The minimum absolute atomic E-state index is 0.258. The van der Waals surface area contributed by atoms with Gasteiger partial charge < -0.3 is 9.47 Å². The molecule has 3 rings (SSSR count). The van der Waals surface area contributed by atoms with Gasteiger partial charge in [-0.1, -0.05) is 12.1 Å². The van der Waals surface area contributed by atoms with E-state index in [9.17, 15) is 4.79 Å². The molecule has 0 unspecified atom stereocenters. The number of amides is 1. The summed E-state index contributed by atoms with van der Waals surface area (Å²) in [5.41, 5.74) is 5.10. The van der Waals surface area contributed by atoms with Crippen molar-refractivity contribution >= 4 is 28.5 Å². The number of methoxy groups -OCH3 is 2. The maximum Gasteiger partial charge on any atom is 0.250 e. The molecule has 0 fully saturated rings. The third-order valence-corrected chi connectivity index (χ3v) is 5.15. The second-order valence-corrected chi connectivity index (χ2v) is 7.13. The fraction of sp³-hybridized carbons (Fsp3) is 0.182. The van der Waals surface area contributed by atoms with Gasteiger partial charge in [0.1, 0.15) is 11.5 Å². The Hall–Kier alpha value is -3.12. The number of anilines is 1.